The fraction of sp³-hybridized carbons (Fsp3) is 0.440. The van der Waals surface area contributed by atoms with E-state index in [-0.39, 0.29) is 10.8 Å². The molecule has 7 nitrogen and oxygen atoms in total. The van der Waals surface area contributed by atoms with Gasteiger partial charge < -0.3 is 9.88 Å². The van der Waals surface area contributed by atoms with Crippen LogP contribution in [0.15, 0.2) is 41.3 Å². The lowest BCUT2D eigenvalue weighted by Crippen LogP contribution is -2.30. The number of imidazole rings is 1. The molecule has 3 rings (SSSR count). The lowest BCUT2D eigenvalue weighted by atomic mass is 10.1. The van der Waals surface area contributed by atoms with Gasteiger partial charge in [-0.2, -0.15) is 4.31 Å². The van der Waals surface area contributed by atoms with Crippen molar-refractivity contribution < 1.29 is 13.2 Å². The maximum atomic E-state index is 12.9. The van der Waals surface area contributed by atoms with Gasteiger partial charge in [0.15, 0.2) is 0 Å². The van der Waals surface area contributed by atoms with Crippen LogP contribution < -0.4 is 5.32 Å². The van der Waals surface area contributed by atoms with Gasteiger partial charge in [-0.1, -0.05) is 32.9 Å². The molecule has 1 aromatic heterocycles. The number of rotatable bonds is 10. The third kappa shape index (κ3) is 5.28. The SMILES string of the molecule is CCCn1c(CCC(=O)Nc2cccc(C)c2C)nc2cc(S(=O)(=O)N(CC)CC)ccc21. The smallest absolute Gasteiger partial charge is 0.243 e. The fourth-order valence-electron chi connectivity index (χ4n) is 4.02. The van der Waals surface area contributed by atoms with Crippen molar-refractivity contribution in [3.63, 3.8) is 0 Å². The van der Waals surface area contributed by atoms with Gasteiger partial charge in [-0.05, 0) is 55.7 Å². The zero-order valence-corrected chi connectivity index (χ0v) is 21.0. The molecule has 0 fully saturated rings. The molecule has 1 amide bonds. The van der Waals surface area contributed by atoms with Crippen LogP contribution in [0.25, 0.3) is 11.0 Å². The molecule has 0 saturated heterocycles. The lowest BCUT2D eigenvalue weighted by molar-refractivity contribution is -0.116. The highest BCUT2D eigenvalue weighted by molar-refractivity contribution is 7.89. The number of benzene rings is 2. The molecule has 0 aliphatic heterocycles. The van der Waals surface area contributed by atoms with Gasteiger partial charge >= 0.3 is 0 Å². The average Bonchev–Trinajstić information content (AvgIpc) is 3.13. The van der Waals surface area contributed by atoms with Crippen LogP contribution >= 0.6 is 0 Å². The molecular formula is C25H34N4O3S. The summed E-state index contributed by atoms with van der Waals surface area (Å²) in [5.74, 6) is 0.726. The van der Waals surface area contributed by atoms with Crippen LogP contribution in [0.3, 0.4) is 0 Å². The van der Waals surface area contributed by atoms with Crippen LogP contribution in [0.1, 0.15) is 50.6 Å². The summed E-state index contributed by atoms with van der Waals surface area (Å²) < 4.78 is 29.4. The third-order valence-electron chi connectivity index (χ3n) is 6.04. The predicted molar refractivity (Wildman–Crippen MR) is 133 cm³/mol. The van der Waals surface area contributed by atoms with E-state index in [0.29, 0.717) is 31.4 Å². The Hall–Kier alpha value is -2.71. The number of anilines is 1. The van der Waals surface area contributed by atoms with Crippen molar-refractivity contribution >= 4 is 32.7 Å². The van der Waals surface area contributed by atoms with Crippen molar-refractivity contribution in [2.45, 2.75) is 65.3 Å². The quantitative estimate of drug-likeness (QED) is 0.467. The minimum atomic E-state index is -3.56. The molecule has 1 N–H and O–H groups in total. The minimum absolute atomic E-state index is 0.0661. The van der Waals surface area contributed by atoms with Gasteiger partial charge in [0.05, 0.1) is 15.9 Å². The highest BCUT2D eigenvalue weighted by atomic mass is 32.2. The van der Waals surface area contributed by atoms with Crippen molar-refractivity contribution in [1.82, 2.24) is 13.9 Å². The molecule has 178 valence electrons. The van der Waals surface area contributed by atoms with Gasteiger partial charge in [-0.3, -0.25) is 4.79 Å². The first-order valence-corrected chi connectivity index (χ1v) is 13.0. The molecule has 0 unspecified atom stereocenters. The number of aryl methyl sites for hydroxylation is 3. The fourth-order valence-corrected chi connectivity index (χ4v) is 5.50. The molecule has 2 aromatic carbocycles. The van der Waals surface area contributed by atoms with Gasteiger partial charge in [0.25, 0.3) is 0 Å². The summed E-state index contributed by atoms with van der Waals surface area (Å²) in [5, 5.41) is 3.00. The van der Waals surface area contributed by atoms with Gasteiger partial charge in [-0.15, -0.1) is 0 Å². The minimum Gasteiger partial charge on any atom is -0.328 e. The van der Waals surface area contributed by atoms with E-state index < -0.39 is 10.0 Å². The zero-order valence-electron chi connectivity index (χ0n) is 20.2. The van der Waals surface area contributed by atoms with Gasteiger partial charge in [-0.25, -0.2) is 13.4 Å². The number of nitrogens with zero attached hydrogens (tertiary/aromatic N) is 3. The number of carbonyl (C=O) groups is 1. The maximum absolute atomic E-state index is 12.9. The summed E-state index contributed by atoms with van der Waals surface area (Å²) in [6.07, 6.45) is 1.68. The second-order valence-corrected chi connectivity index (χ2v) is 10.2. The zero-order chi connectivity index (χ0) is 24.2. The topological polar surface area (TPSA) is 84.3 Å². The summed E-state index contributed by atoms with van der Waals surface area (Å²) in [6.45, 7) is 11.4. The Labute approximate surface area is 196 Å². The molecule has 1 heterocycles. The monoisotopic (exact) mass is 470 g/mol. The highest BCUT2D eigenvalue weighted by Gasteiger charge is 2.23. The van der Waals surface area contributed by atoms with Crippen LogP contribution in [0, 0.1) is 13.8 Å². The van der Waals surface area contributed by atoms with Crippen molar-refractivity contribution in [1.29, 1.82) is 0 Å². The van der Waals surface area contributed by atoms with Crippen molar-refractivity contribution in [2.75, 3.05) is 18.4 Å². The van der Waals surface area contributed by atoms with Gasteiger partial charge in [0.1, 0.15) is 5.82 Å². The number of nitrogens with one attached hydrogen (secondary N) is 1. The Morgan fingerprint density at radius 3 is 2.48 bits per heavy atom. The molecule has 0 spiro atoms. The maximum Gasteiger partial charge on any atom is 0.243 e. The average molecular weight is 471 g/mol. The summed E-state index contributed by atoms with van der Waals surface area (Å²) in [7, 11) is -3.56. The van der Waals surface area contributed by atoms with E-state index in [9.17, 15) is 13.2 Å². The van der Waals surface area contributed by atoms with E-state index in [1.807, 2.05) is 52.0 Å². The van der Waals surface area contributed by atoms with E-state index in [1.165, 1.54) is 4.31 Å². The first-order valence-electron chi connectivity index (χ1n) is 11.6. The summed E-state index contributed by atoms with van der Waals surface area (Å²) >= 11 is 0. The first kappa shape index (κ1) is 24.9. The van der Waals surface area contributed by atoms with Crippen LogP contribution in [-0.4, -0.2) is 41.3 Å². The normalized spacial score (nSPS) is 11.9. The van der Waals surface area contributed by atoms with E-state index in [0.717, 1.165) is 41.1 Å². The highest BCUT2D eigenvalue weighted by Crippen LogP contribution is 2.24. The second-order valence-electron chi connectivity index (χ2n) is 8.22. The largest absolute Gasteiger partial charge is 0.328 e. The Balaban J connectivity index is 1.85. The third-order valence-corrected chi connectivity index (χ3v) is 8.09. The molecule has 0 atom stereocenters. The number of carbonyl (C=O) groups excluding carboxylic acids is 1. The van der Waals surface area contributed by atoms with E-state index in [2.05, 4.69) is 16.8 Å². The molecule has 0 bridgehead atoms. The summed E-state index contributed by atoms with van der Waals surface area (Å²) in [4.78, 5) is 17.6. The first-order chi connectivity index (χ1) is 15.7. The molecule has 0 saturated carbocycles. The van der Waals surface area contributed by atoms with Crippen LogP contribution in [0.4, 0.5) is 5.69 Å². The van der Waals surface area contributed by atoms with Crippen molar-refractivity contribution in [3.8, 4) is 0 Å². The number of hydrogen-bond acceptors (Lipinski definition) is 4. The molecular weight excluding hydrogens is 436 g/mol. The van der Waals surface area contributed by atoms with Crippen molar-refractivity contribution in [3.05, 3.63) is 53.3 Å². The molecule has 8 heteroatoms. The van der Waals surface area contributed by atoms with Gasteiger partial charge in [0, 0.05) is 38.2 Å². The predicted octanol–water partition coefficient (Wildman–Crippen LogP) is 4.66. The number of aromatic nitrogens is 2. The Morgan fingerprint density at radius 2 is 1.82 bits per heavy atom. The number of fused-ring (bicyclic) bond motifs is 1. The van der Waals surface area contributed by atoms with E-state index in [4.69, 9.17) is 4.98 Å². The van der Waals surface area contributed by atoms with Gasteiger partial charge in [0.2, 0.25) is 15.9 Å². The second kappa shape index (κ2) is 10.5. The number of hydrogen-bond donors (Lipinski definition) is 1. The molecule has 3 aromatic rings. The van der Waals surface area contributed by atoms with E-state index >= 15 is 0 Å². The summed E-state index contributed by atoms with van der Waals surface area (Å²) in [5.41, 5.74) is 4.55. The molecule has 0 radical (unpaired) electrons. The van der Waals surface area contributed by atoms with E-state index in [1.54, 1.807) is 12.1 Å². The van der Waals surface area contributed by atoms with Crippen molar-refractivity contribution in [2.24, 2.45) is 0 Å². The van der Waals surface area contributed by atoms with Crippen LogP contribution in [-0.2, 0) is 27.8 Å². The summed E-state index contributed by atoms with van der Waals surface area (Å²) in [6, 6.07) is 11.0. The Kier molecular flexibility index (Phi) is 7.92. The lowest BCUT2D eigenvalue weighted by Gasteiger charge is -2.18. The number of amides is 1. The Morgan fingerprint density at radius 1 is 1.09 bits per heavy atom. The van der Waals surface area contributed by atoms with Crippen LogP contribution in [0.5, 0.6) is 0 Å². The molecule has 33 heavy (non-hydrogen) atoms. The Bertz CT molecular complexity index is 1240. The molecule has 0 aliphatic carbocycles. The number of sulfonamides is 1. The molecule has 0 aliphatic rings. The standard InChI is InChI=1S/C25H34N4O3S/c1-6-16-29-23-13-12-20(33(31,32)28(7-2)8-3)17-22(23)26-24(29)14-15-25(30)27-21-11-9-10-18(4)19(21)5/h9-13,17H,6-8,14-16H2,1-5H3,(H,27,30). The van der Waals surface area contributed by atoms with Crippen LogP contribution in [0.2, 0.25) is 0 Å².